The summed E-state index contributed by atoms with van der Waals surface area (Å²) in [5.74, 6) is 0.837. The van der Waals surface area contributed by atoms with E-state index in [4.69, 9.17) is 4.74 Å². The monoisotopic (exact) mass is 177 g/mol. The Kier molecular flexibility index (Phi) is 1.96. The standard InChI is InChI=1S/C9H9N3O.H/c1-13-9-4-2-8(3-5-9)12-7-6-10-11-12;/h2-7H,1H3;/i;1+1. The number of aromatic nitrogens is 3. The lowest BCUT2D eigenvalue weighted by atomic mass is 10.3. The number of rotatable bonds is 2. The second-order valence-corrected chi connectivity index (χ2v) is 2.55. The molecular formula is C9H10N3O. The van der Waals surface area contributed by atoms with Gasteiger partial charge in [-0.25, -0.2) is 4.68 Å². The number of benzene rings is 1. The van der Waals surface area contributed by atoms with Crippen LogP contribution in [0.5, 0.6) is 5.75 Å². The van der Waals surface area contributed by atoms with Crippen LogP contribution in [0.25, 0.3) is 5.69 Å². The maximum atomic E-state index is 5.04. The number of nitrogens with zero attached hydrogens (tertiary/aromatic N) is 3. The van der Waals surface area contributed by atoms with Crippen molar-refractivity contribution in [1.29, 1.82) is 0 Å². The number of methoxy groups -OCH3 is 1. The molecule has 67 valence electrons. The van der Waals surface area contributed by atoms with E-state index < -0.39 is 0 Å². The summed E-state index contributed by atoms with van der Waals surface area (Å²) >= 11 is 0. The lowest BCUT2D eigenvalue weighted by molar-refractivity contribution is 0.414. The maximum Gasteiger partial charge on any atom is 0.119 e. The molecule has 1 aromatic carbocycles. The summed E-state index contributed by atoms with van der Waals surface area (Å²) in [6.45, 7) is 0. The van der Waals surface area contributed by atoms with E-state index in [1.54, 1.807) is 24.2 Å². The minimum absolute atomic E-state index is 0. The average molecular weight is 177 g/mol. The van der Waals surface area contributed by atoms with Crippen molar-refractivity contribution in [3.8, 4) is 11.4 Å². The van der Waals surface area contributed by atoms with Gasteiger partial charge in [0.05, 0.1) is 25.2 Å². The molecule has 13 heavy (non-hydrogen) atoms. The van der Waals surface area contributed by atoms with Gasteiger partial charge in [0.1, 0.15) is 5.75 Å². The molecule has 4 nitrogen and oxygen atoms in total. The van der Waals surface area contributed by atoms with E-state index in [1.807, 2.05) is 24.3 Å². The van der Waals surface area contributed by atoms with E-state index in [0.29, 0.717) is 0 Å². The smallest absolute Gasteiger partial charge is 0.119 e. The predicted molar refractivity (Wildman–Crippen MR) is 49.0 cm³/mol. The first-order chi connectivity index (χ1) is 6.40. The molecule has 0 N–H and O–H groups in total. The van der Waals surface area contributed by atoms with E-state index in [-0.39, 0.29) is 1.43 Å². The molecule has 0 fully saturated rings. The molecular weight excluding hydrogens is 166 g/mol. The molecule has 1 aromatic heterocycles. The van der Waals surface area contributed by atoms with Crippen LogP contribution in [-0.4, -0.2) is 22.1 Å². The van der Waals surface area contributed by atoms with Crippen LogP contribution in [0.1, 0.15) is 1.43 Å². The van der Waals surface area contributed by atoms with E-state index in [2.05, 4.69) is 10.3 Å². The minimum Gasteiger partial charge on any atom is -0.497 e. The van der Waals surface area contributed by atoms with Crippen molar-refractivity contribution < 1.29 is 6.16 Å². The number of hydrogen-bond acceptors (Lipinski definition) is 3. The van der Waals surface area contributed by atoms with Gasteiger partial charge < -0.3 is 4.74 Å². The van der Waals surface area contributed by atoms with Gasteiger partial charge in [-0.1, -0.05) is 5.21 Å². The zero-order chi connectivity index (χ0) is 9.10. The number of ether oxygens (including phenoxy) is 1. The van der Waals surface area contributed by atoms with Crippen molar-refractivity contribution in [2.45, 2.75) is 0 Å². The van der Waals surface area contributed by atoms with Crippen molar-refractivity contribution in [2.24, 2.45) is 0 Å². The van der Waals surface area contributed by atoms with Crippen LogP contribution in [-0.2, 0) is 0 Å². The second kappa shape index (κ2) is 3.26. The van der Waals surface area contributed by atoms with Crippen molar-refractivity contribution >= 4 is 0 Å². The second-order valence-electron chi connectivity index (χ2n) is 2.55. The Morgan fingerprint density at radius 3 is 2.62 bits per heavy atom. The molecule has 0 amide bonds. The van der Waals surface area contributed by atoms with Crippen molar-refractivity contribution in [3.63, 3.8) is 0 Å². The summed E-state index contributed by atoms with van der Waals surface area (Å²) in [7, 11) is 1.64. The Hall–Kier alpha value is -1.84. The van der Waals surface area contributed by atoms with Crippen LogP contribution in [0.4, 0.5) is 0 Å². The summed E-state index contributed by atoms with van der Waals surface area (Å²) < 4.78 is 6.74. The fourth-order valence-electron chi connectivity index (χ4n) is 1.08. The van der Waals surface area contributed by atoms with E-state index in [1.165, 1.54) is 0 Å². The Morgan fingerprint density at radius 2 is 2.08 bits per heavy atom. The van der Waals surface area contributed by atoms with Crippen LogP contribution in [0.2, 0.25) is 0 Å². The Bertz CT molecular complexity index is 371. The van der Waals surface area contributed by atoms with Gasteiger partial charge in [-0.3, -0.25) is 0 Å². The van der Waals surface area contributed by atoms with Gasteiger partial charge in [0.2, 0.25) is 0 Å². The average Bonchev–Trinajstić information content (AvgIpc) is 2.71. The van der Waals surface area contributed by atoms with Crippen molar-refractivity contribution in [2.75, 3.05) is 7.11 Å². The fourth-order valence-corrected chi connectivity index (χ4v) is 1.08. The third kappa shape index (κ3) is 1.51. The molecule has 0 spiro atoms. The van der Waals surface area contributed by atoms with Crippen LogP contribution < -0.4 is 4.74 Å². The highest BCUT2D eigenvalue weighted by molar-refractivity contribution is 5.36. The van der Waals surface area contributed by atoms with Crippen LogP contribution in [0, 0.1) is 0 Å². The summed E-state index contributed by atoms with van der Waals surface area (Å²) in [5.41, 5.74) is 0.971. The SMILES string of the molecule is COc1ccc(-n2ccnn2)cc1.[2H]. The van der Waals surface area contributed by atoms with Gasteiger partial charge in [-0.15, -0.1) is 5.10 Å². The molecule has 0 saturated heterocycles. The highest BCUT2D eigenvalue weighted by Gasteiger charge is 1.96. The summed E-state index contributed by atoms with van der Waals surface area (Å²) in [5, 5.41) is 7.59. The van der Waals surface area contributed by atoms with Gasteiger partial charge in [0, 0.05) is 1.43 Å². The predicted octanol–water partition coefficient (Wildman–Crippen LogP) is 1.39. The van der Waals surface area contributed by atoms with Gasteiger partial charge >= 0.3 is 0 Å². The van der Waals surface area contributed by atoms with Gasteiger partial charge in [-0.05, 0) is 24.3 Å². The molecule has 2 aromatic rings. The molecule has 4 heteroatoms. The Balaban J connectivity index is 0.000000980. The maximum absolute atomic E-state index is 5.04. The minimum atomic E-state index is 0. The first kappa shape index (κ1) is 7.79. The molecule has 1 radical (unpaired) electrons. The highest BCUT2D eigenvalue weighted by atomic mass is 16.5. The summed E-state index contributed by atoms with van der Waals surface area (Å²) in [6.07, 6.45) is 3.44. The highest BCUT2D eigenvalue weighted by Crippen LogP contribution is 2.13. The molecule has 2 rings (SSSR count). The Labute approximate surface area is 77.2 Å². The summed E-state index contributed by atoms with van der Waals surface area (Å²) in [4.78, 5) is 0. The van der Waals surface area contributed by atoms with Gasteiger partial charge in [0.15, 0.2) is 0 Å². The van der Waals surface area contributed by atoms with Crippen LogP contribution in [0.15, 0.2) is 36.7 Å². The quantitative estimate of drug-likeness (QED) is 0.695. The van der Waals surface area contributed by atoms with Gasteiger partial charge in [0.25, 0.3) is 0 Å². The van der Waals surface area contributed by atoms with Crippen molar-refractivity contribution in [3.05, 3.63) is 36.7 Å². The fraction of sp³-hybridized carbons (Fsp3) is 0.111. The topological polar surface area (TPSA) is 39.9 Å². The van der Waals surface area contributed by atoms with Crippen molar-refractivity contribution in [1.82, 2.24) is 15.0 Å². The number of hydrogen-bond donors (Lipinski definition) is 0. The summed E-state index contributed by atoms with van der Waals surface area (Å²) in [6, 6.07) is 7.62. The first-order valence-electron chi connectivity index (χ1n) is 3.91. The zero-order valence-corrected chi connectivity index (χ0v) is 7.21. The first-order valence-corrected chi connectivity index (χ1v) is 3.91. The zero-order valence-electron chi connectivity index (χ0n) is 8.21. The molecule has 0 aliphatic rings. The van der Waals surface area contributed by atoms with E-state index >= 15 is 0 Å². The lowest BCUT2D eigenvalue weighted by Gasteiger charge is -2.01. The van der Waals surface area contributed by atoms with Crippen LogP contribution >= 0.6 is 0 Å². The van der Waals surface area contributed by atoms with E-state index in [0.717, 1.165) is 11.4 Å². The van der Waals surface area contributed by atoms with E-state index in [9.17, 15) is 0 Å². The molecule has 0 bridgehead atoms. The molecule has 0 atom stereocenters. The normalized spacial score (nSPS) is 9.92. The van der Waals surface area contributed by atoms with Crippen LogP contribution in [0.3, 0.4) is 0 Å². The molecule has 0 saturated carbocycles. The largest absolute Gasteiger partial charge is 0.497 e. The Morgan fingerprint density at radius 1 is 1.31 bits per heavy atom. The third-order valence-corrected chi connectivity index (χ3v) is 1.76. The molecule has 0 aliphatic heterocycles. The van der Waals surface area contributed by atoms with Gasteiger partial charge in [-0.2, -0.15) is 0 Å². The third-order valence-electron chi connectivity index (χ3n) is 1.76. The lowest BCUT2D eigenvalue weighted by Crippen LogP contribution is -1.94. The molecule has 1 heterocycles. The molecule has 0 aliphatic carbocycles. The molecule has 0 unspecified atom stereocenters.